The van der Waals surface area contributed by atoms with Crippen LogP contribution in [0.5, 0.6) is 0 Å². The van der Waals surface area contributed by atoms with E-state index in [0.29, 0.717) is 18.7 Å². The van der Waals surface area contributed by atoms with Gasteiger partial charge in [0.2, 0.25) is 11.8 Å². The third-order valence-electron chi connectivity index (χ3n) is 3.87. The van der Waals surface area contributed by atoms with Gasteiger partial charge in [0.25, 0.3) is 0 Å². The van der Waals surface area contributed by atoms with E-state index in [0.717, 1.165) is 27.7 Å². The highest BCUT2D eigenvalue weighted by atomic mass is 79.9. The zero-order valence-electron chi connectivity index (χ0n) is 12.8. The van der Waals surface area contributed by atoms with Crippen molar-refractivity contribution in [1.29, 1.82) is 0 Å². The minimum Gasteiger partial charge on any atom is -0.325 e. The maximum absolute atomic E-state index is 12.7. The molecule has 3 rings (SSSR count). The monoisotopic (exact) mass is 372 g/mol. The van der Waals surface area contributed by atoms with Crippen molar-refractivity contribution in [3.8, 4) is 0 Å². The van der Waals surface area contributed by atoms with Crippen molar-refractivity contribution in [2.75, 3.05) is 16.8 Å². The lowest BCUT2D eigenvalue weighted by molar-refractivity contribution is -0.118. The molecule has 0 saturated carbocycles. The first-order valence-electron chi connectivity index (χ1n) is 7.49. The SMILES string of the molecule is CC(=O)Nc1cccc2c1N(C(=O)Cc1ccc(Br)cc1)CC2. The molecule has 1 aliphatic rings. The summed E-state index contributed by atoms with van der Waals surface area (Å²) in [6.45, 7) is 2.13. The molecule has 4 nitrogen and oxygen atoms in total. The molecule has 1 aliphatic heterocycles. The Kier molecular flexibility index (Phi) is 4.48. The number of hydrogen-bond acceptors (Lipinski definition) is 2. The number of fused-ring (bicyclic) bond motifs is 1. The van der Waals surface area contributed by atoms with E-state index in [1.807, 2.05) is 42.5 Å². The summed E-state index contributed by atoms with van der Waals surface area (Å²) in [5, 5.41) is 2.82. The zero-order chi connectivity index (χ0) is 16.4. The number of carbonyl (C=O) groups is 2. The number of para-hydroxylation sites is 1. The van der Waals surface area contributed by atoms with E-state index in [1.54, 1.807) is 4.90 Å². The molecule has 0 saturated heterocycles. The Balaban J connectivity index is 1.85. The molecule has 118 valence electrons. The third kappa shape index (κ3) is 3.45. The largest absolute Gasteiger partial charge is 0.325 e. The van der Waals surface area contributed by atoms with Crippen LogP contribution in [0.3, 0.4) is 0 Å². The fraction of sp³-hybridized carbons (Fsp3) is 0.222. The van der Waals surface area contributed by atoms with Crippen LogP contribution < -0.4 is 10.2 Å². The molecular weight excluding hydrogens is 356 g/mol. The van der Waals surface area contributed by atoms with E-state index in [9.17, 15) is 9.59 Å². The molecule has 0 fully saturated rings. The number of halogens is 1. The molecule has 2 amide bonds. The second-order valence-electron chi connectivity index (χ2n) is 5.59. The van der Waals surface area contributed by atoms with Crippen molar-refractivity contribution in [1.82, 2.24) is 0 Å². The molecule has 0 bridgehead atoms. The van der Waals surface area contributed by atoms with Crippen LogP contribution >= 0.6 is 15.9 Å². The number of rotatable bonds is 3. The van der Waals surface area contributed by atoms with E-state index in [2.05, 4.69) is 21.2 Å². The van der Waals surface area contributed by atoms with Gasteiger partial charge >= 0.3 is 0 Å². The smallest absolute Gasteiger partial charge is 0.231 e. The minimum atomic E-state index is -0.134. The normalized spacial score (nSPS) is 12.9. The number of amides is 2. The Morgan fingerprint density at radius 1 is 1.17 bits per heavy atom. The molecule has 0 radical (unpaired) electrons. The Bertz CT molecular complexity index is 756. The molecule has 0 aromatic heterocycles. The summed E-state index contributed by atoms with van der Waals surface area (Å²) in [4.78, 5) is 25.9. The summed E-state index contributed by atoms with van der Waals surface area (Å²) in [5.41, 5.74) is 3.62. The van der Waals surface area contributed by atoms with Gasteiger partial charge in [-0.15, -0.1) is 0 Å². The molecule has 1 N–H and O–H groups in total. The van der Waals surface area contributed by atoms with Gasteiger partial charge in [-0.2, -0.15) is 0 Å². The van der Waals surface area contributed by atoms with Gasteiger partial charge in [-0.3, -0.25) is 9.59 Å². The molecule has 2 aromatic carbocycles. The summed E-state index contributed by atoms with van der Waals surface area (Å²) in [7, 11) is 0. The molecule has 2 aromatic rings. The molecule has 5 heteroatoms. The quantitative estimate of drug-likeness (QED) is 0.895. The summed E-state index contributed by atoms with van der Waals surface area (Å²) in [6, 6.07) is 13.5. The zero-order valence-corrected chi connectivity index (χ0v) is 14.4. The van der Waals surface area contributed by atoms with E-state index in [4.69, 9.17) is 0 Å². The number of carbonyl (C=O) groups excluding carboxylic acids is 2. The Labute approximate surface area is 143 Å². The van der Waals surface area contributed by atoms with Crippen LogP contribution in [0.15, 0.2) is 46.9 Å². The second-order valence-corrected chi connectivity index (χ2v) is 6.51. The van der Waals surface area contributed by atoms with E-state index in [-0.39, 0.29) is 11.8 Å². The van der Waals surface area contributed by atoms with Gasteiger partial charge in [-0.05, 0) is 35.7 Å². The van der Waals surface area contributed by atoms with Crippen molar-refractivity contribution in [3.63, 3.8) is 0 Å². The van der Waals surface area contributed by atoms with Gasteiger partial charge in [0.15, 0.2) is 0 Å². The fourth-order valence-electron chi connectivity index (χ4n) is 2.87. The van der Waals surface area contributed by atoms with Crippen molar-refractivity contribution < 1.29 is 9.59 Å². The molecular formula is C18H17BrN2O2. The average Bonchev–Trinajstić information content (AvgIpc) is 2.94. The molecule has 1 heterocycles. The van der Waals surface area contributed by atoms with Gasteiger partial charge in [-0.25, -0.2) is 0 Å². The van der Waals surface area contributed by atoms with Gasteiger partial charge < -0.3 is 10.2 Å². The molecule has 23 heavy (non-hydrogen) atoms. The Hall–Kier alpha value is -2.14. The molecule has 0 spiro atoms. The van der Waals surface area contributed by atoms with Gasteiger partial charge in [0.1, 0.15) is 0 Å². The summed E-state index contributed by atoms with van der Waals surface area (Å²) in [6.07, 6.45) is 1.16. The van der Waals surface area contributed by atoms with Crippen molar-refractivity contribution in [2.45, 2.75) is 19.8 Å². The van der Waals surface area contributed by atoms with Crippen LogP contribution in [0.25, 0.3) is 0 Å². The predicted molar refractivity (Wildman–Crippen MR) is 94.6 cm³/mol. The first-order chi connectivity index (χ1) is 11.0. The maximum atomic E-state index is 12.7. The number of nitrogens with one attached hydrogen (secondary N) is 1. The summed E-state index contributed by atoms with van der Waals surface area (Å²) >= 11 is 3.40. The van der Waals surface area contributed by atoms with Crippen LogP contribution in [0.2, 0.25) is 0 Å². The van der Waals surface area contributed by atoms with Crippen molar-refractivity contribution >= 4 is 39.1 Å². The molecule has 0 atom stereocenters. The highest BCUT2D eigenvalue weighted by molar-refractivity contribution is 9.10. The van der Waals surface area contributed by atoms with Crippen LogP contribution in [-0.2, 0) is 22.4 Å². The number of nitrogens with zero attached hydrogens (tertiary/aromatic N) is 1. The average molecular weight is 373 g/mol. The number of hydrogen-bond donors (Lipinski definition) is 1. The Morgan fingerprint density at radius 3 is 2.61 bits per heavy atom. The third-order valence-corrected chi connectivity index (χ3v) is 4.40. The summed E-state index contributed by atoms with van der Waals surface area (Å²) < 4.78 is 0.994. The summed E-state index contributed by atoms with van der Waals surface area (Å²) in [5.74, 6) is -0.0884. The van der Waals surface area contributed by atoms with Crippen LogP contribution in [0, 0.1) is 0 Å². The van der Waals surface area contributed by atoms with Crippen LogP contribution in [0.4, 0.5) is 11.4 Å². The van der Waals surface area contributed by atoms with Gasteiger partial charge in [0.05, 0.1) is 17.8 Å². The molecule has 0 aliphatic carbocycles. The standard InChI is InChI=1S/C18H17BrN2O2/c1-12(22)20-16-4-2-3-14-9-10-21(18(14)16)17(23)11-13-5-7-15(19)8-6-13/h2-8H,9-11H2,1H3,(H,20,22). The highest BCUT2D eigenvalue weighted by Gasteiger charge is 2.27. The van der Waals surface area contributed by atoms with Crippen molar-refractivity contribution in [3.05, 3.63) is 58.1 Å². The van der Waals surface area contributed by atoms with Gasteiger partial charge in [0, 0.05) is 17.9 Å². The molecule has 0 unspecified atom stereocenters. The number of anilines is 2. The first-order valence-corrected chi connectivity index (χ1v) is 8.28. The fourth-order valence-corrected chi connectivity index (χ4v) is 3.13. The second kappa shape index (κ2) is 6.54. The van der Waals surface area contributed by atoms with Crippen molar-refractivity contribution in [2.24, 2.45) is 0 Å². The van der Waals surface area contributed by atoms with E-state index >= 15 is 0 Å². The Morgan fingerprint density at radius 2 is 1.91 bits per heavy atom. The highest BCUT2D eigenvalue weighted by Crippen LogP contribution is 2.36. The predicted octanol–water partition coefficient (Wildman–Crippen LogP) is 3.54. The first kappa shape index (κ1) is 15.7. The lowest BCUT2D eigenvalue weighted by Crippen LogP contribution is -2.31. The lowest BCUT2D eigenvalue weighted by atomic mass is 10.1. The van der Waals surface area contributed by atoms with Gasteiger partial charge in [-0.1, -0.05) is 40.2 Å². The van der Waals surface area contributed by atoms with Crippen LogP contribution in [0.1, 0.15) is 18.1 Å². The lowest BCUT2D eigenvalue weighted by Gasteiger charge is -2.20. The van der Waals surface area contributed by atoms with Crippen LogP contribution in [-0.4, -0.2) is 18.4 Å². The van der Waals surface area contributed by atoms with E-state index < -0.39 is 0 Å². The topological polar surface area (TPSA) is 49.4 Å². The van der Waals surface area contributed by atoms with E-state index in [1.165, 1.54) is 6.92 Å². The maximum Gasteiger partial charge on any atom is 0.231 e. The number of benzene rings is 2. The minimum absolute atomic E-state index is 0.0453.